The van der Waals surface area contributed by atoms with Gasteiger partial charge in [-0.15, -0.1) is 11.8 Å². The molecule has 0 aliphatic carbocycles. The highest BCUT2D eigenvalue weighted by atomic mass is 32.2. The third-order valence-corrected chi connectivity index (χ3v) is 5.54. The summed E-state index contributed by atoms with van der Waals surface area (Å²) >= 11 is 1.58. The van der Waals surface area contributed by atoms with Crippen molar-refractivity contribution in [3.63, 3.8) is 0 Å². The molecule has 2 N–H and O–H groups in total. The summed E-state index contributed by atoms with van der Waals surface area (Å²) < 4.78 is 0. The quantitative estimate of drug-likeness (QED) is 0.684. The van der Waals surface area contributed by atoms with E-state index >= 15 is 0 Å². The molecule has 2 rings (SSSR count). The largest absolute Gasteiger partial charge is 0.324 e. The molecule has 0 aliphatic rings. The van der Waals surface area contributed by atoms with Crippen LogP contribution in [0.4, 0.5) is 11.4 Å². The van der Waals surface area contributed by atoms with Gasteiger partial charge in [0.05, 0.1) is 18.3 Å². The van der Waals surface area contributed by atoms with Crippen LogP contribution in [0.5, 0.6) is 0 Å². The Labute approximate surface area is 171 Å². The molecule has 0 aromatic heterocycles. The van der Waals surface area contributed by atoms with E-state index in [0.29, 0.717) is 0 Å². The number of carbonyl (C=O) groups excluding carboxylic acids is 2. The van der Waals surface area contributed by atoms with Crippen LogP contribution in [0.1, 0.15) is 23.6 Å². The van der Waals surface area contributed by atoms with E-state index in [2.05, 4.69) is 10.6 Å². The number of para-hydroxylation sites is 1. The van der Waals surface area contributed by atoms with Crippen LogP contribution in [-0.4, -0.2) is 42.6 Å². The van der Waals surface area contributed by atoms with Gasteiger partial charge < -0.3 is 10.6 Å². The van der Waals surface area contributed by atoms with Crippen molar-refractivity contribution in [2.75, 3.05) is 30.5 Å². The van der Waals surface area contributed by atoms with Crippen molar-refractivity contribution < 1.29 is 9.59 Å². The Balaban J connectivity index is 1.99. The number of nitrogens with zero attached hydrogens (tertiary/aromatic N) is 1. The van der Waals surface area contributed by atoms with Crippen LogP contribution >= 0.6 is 11.8 Å². The Morgan fingerprint density at radius 1 is 1.07 bits per heavy atom. The number of hydrogen-bond acceptors (Lipinski definition) is 4. The van der Waals surface area contributed by atoms with Crippen molar-refractivity contribution in [1.82, 2.24) is 4.90 Å². The zero-order chi connectivity index (χ0) is 20.8. The summed E-state index contributed by atoms with van der Waals surface area (Å²) in [6.45, 7) is 7.94. The van der Waals surface area contributed by atoms with Gasteiger partial charge in [-0.2, -0.15) is 0 Å². The molecule has 28 heavy (non-hydrogen) atoms. The number of anilines is 2. The SMILES string of the molecule is CSc1ccccc1NC(=O)CN(C)[C@@H](C)C(=O)Nc1c(C)cc(C)cc1C. The molecule has 5 nitrogen and oxygen atoms in total. The second kappa shape index (κ2) is 9.75. The smallest absolute Gasteiger partial charge is 0.241 e. The summed E-state index contributed by atoms with van der Waals surface area (Å²) in [7, 11) is 1.78. The first kappa shape index (κ1) is 22.0. The van der Waals surface area contributed by atoms with Gasteiger partial charge in [-0.3, -0.25) is 14.5 Å². The molecular formula is C22H29N3O2S. The Kier molecular flexibility index (Phi) is 7.66. The lowest BCUT2D eigenvalue weighted by atomic mass is 10.0. The minimum absolute atomic E-state index is 0.128. The lowest BCUT2D eigenvalue weighted by molar-refractivity contribution is -0.122. The Morgan fingerprint density at radius 3 is 2.29 bits per heavy atom. The van der Waals surface area contributed by atoms with E-state index in [4.69, 9.17) is 0 Å². The Morgan fingerprint density at radius 2 is 1.68 bits per heavy atom. The van der Waals surface area contributed by atoms with E-state index in [9.17, 15) is 9.59 Å². The highest BCUT2D eigenvalue weighted by molar-refractivity contribution is 7.98. The second-order valence-corrected chi connectivity index (χ2v) is 7.95. The van der Waals surface area contributed by atoms with Gasteiger partial charge in [0.1, 0.15) is 0 Å². The van der Waals surface area contributed by atoms with E-state index in [1.165, 1.54) is 5.56 Å². The number of amides is 2. The molecule has 0 unspecified atom stereocenters. The summed E-state index contributed by atoms with van der Waals surface area (Å²) in [5.41, 5.74) is 4.87. The first-order valence-corrected chi connectivity index (χ1v) is 10.5. The van der Waals surface area contributed by atoms with Crippen molar-refractivity contribution >= 4 is 35.0 Å². The van der Waals surface area contributed by atoms with Gasteiger partial charge in [-0.1, -0.05) is 29.8 Å². The standard InChI is InChI=1S/C22H29N3O2S/c1-14-11-15(2)21(16(3)12-14)24-22(27)17(4)25(5)13-20(26)23-18-9-7-8-10-19(18)28-6/h7-12,17H,13H2,1-6H3,(H,23,26)(H,24,27)/t17-/m0/s1. The van der Waals surface area contributed by atoms with Gasteiger partial charge in [0.25, 0.3) is 0 Å². The van der Waals surface area contributed by atoms with E-state index in [0.717, 1.165) is 27.4 Å². The predicted octanol–water partition coefficient (Wildman–Crippen LogP) is 4.23. The fourth-order valence-corrected chi connectivity index (χ4v) is 3.66. The van der Waals surface area contributed by atoms with Crippen molar-refractivity contribution in [3.8, 4) is 0 Å². The van der Waals surface area contributed by atoms with Gasteiger partial charge in [0.15, 0.2) is 0 Å². The minimum atomic E-state index is -0.443. The number of benzene rings is 2. The van der Waals surface area contributed by atoms with Gasteiger partial charge >= 0.3 is 0 Å². The zero-order valence-corrected chi connectivity index (χ0v) is 18.2. The van der Waals surface area contributed by atoms with Gasteiger partial charge in [-0.25, -0.2) is 0 Å². The van der Waals surface area contributed by atoms with Crippen LogP contribution < -0.4 is 10.6 Å². The van der Waals surface area contributed by atoms with E-state index < -0.39 is 6.04 Å². The van der Waals surface area contributed by atoms with Crippen LogP contribution in [0, 0.1) is 20.8 Å². The molecule has 0 saturated carbocycles. The summed E-state index contributed by atoms with van der Waals surface area (Å²) in [5.74, 6) is -0.277. The van der Waals surface area contributed by atoms with E-state index in [-0.39, 0.29) is 18.4 Å². The van der Waals surface area contributed by atoms with Crippen molar-refractivity contribution in [2.45, 2.75) is 38.6 Å². The monoisotopic (exact) mass is 399 g/mol. The summed E-state index contributed by atoms with van der Waals surface area (Å²) in [6.07, 6.45) is 1.97. The minimum Gasteiger partial charge on any atom is -0.324 e. The van der Waals surface area contributed by atoms with Crippen molar-refractivity contribution in [3.05, 3.63) is 53.1 Å². The molecule has 0 spiro atoms. The maximum absolute atomic E-state index is 12.7. The average molecular weight is 400 g/mol. The molecule has 0 bridgehead atoms. The number of carbonyl (C=O) groups is 2. The number of likely N-dealkylation sites (N-methyl/N-ethyl adjacent to an activating group) is 1. The second-order valence-electron chi connectivity index (χ2n) is 7.10. The fraction of sp³-hybridized carbons (Fsp3) is 0.364. The summed E-state index contributed by atoms with van der Waals surface area (Å²) in [5, 5.41) is 5.94. The number of rotatable bonds is 7. The molecule has 2 aromatic carbocycles. The highest BCUT2D eigenvalue weighted by Gasteiger charge is 2.21. The molecule has 2 amide bonds. The number of thioether (sulfide) groups is 1. The lowest BCUT2D eigenvalue weighted by Crippen LogP contribution is -2.43. The van der Waals surface area contributed by atoms with E-state index in [1.54, 1.807) is 30.6 Å². The highest BCUT2D eigenvalue weighted by Crippen LogP contribution is 2.25. The maximum Gasteiger partial charge on any atom is 0.241 e. The van der Waals surface area contributed by atoms with Gasteiger partial charge in [-0.05, 0) is 64.3 Å². The molecule has 0 saturated heterocycles. The normalized spacial score (nSPS) is 12.0. The molecule has 150 valence electrons. The topological polar surface area (TPSA) is 61.4 Å². The van der Waals surface area contributed by atoms with Gasteiger partial charge in [0.2, 0.25) is 11.8 Å². The molecule has 0 heterocycles. The summed E-state index contributed by atoms with van der Waals surface area (Å²) in [4.78, 5) is 27.9. The third kappa shape index (κ3) is 5.59. The third-order valence-electron chi connectivity index (χ3n) is 4.74. The lowest BCUT2D eigenvalue weighted by Gasteiger charge is -2.24. The average Bonchev–Trinajstić information content (AvgIpc) is 2.64. The summed E-state index contributed by atoms with van der Waals surface area (Å²) in [6, 6.07) is 11.3. The molecule has 6 heteroatoms. The number of aryl methyl sites for hydroxylation is 3. The molecule has 0 radical (unpaired) electrons. The zero-order valence-electron chi connectivity index (χ0n) is 17.4. The predicted molar refractivity (Wildman–Crippen MR) is 118 cm³/mol. The van der Waals surface area contributed by atoms with Crippen LogP contribution in [0.25, 0.3) is 0 Å². The number of hydrogen-bond donors (Lipinski definition) is 2. The first-order valence-electron chi connectivity index (χ1n) is 9.24. The van der Waals surface area contributed by atoms with Crippen molar-refractivity contribution in [1.29, 1.82) is 0 Å². The maximum atomic E-state index is 12.7. The molecular weight excluding hydrogens is 370 g/mol. The Bertz CT molecular complexity index is 844. The van der Waals surface area contributed by atoms with Crippen molar-refractivity contribution in [2.24, 2.45) is 0 Å². The van der Waals surface area contributed by atoms with Crippen LogP contribution in [-0.2, 0) is 9.59 Å². The molecule has 0 fully saturated rings. The van der Waals surface area contributed by atoms with Crippen LogP contribution in [0.15, 0.2) is 41.3 Å². The van der Waals surface area contributed by atoms with Crippen LogP contribution in [0.3, 0.4) is 0 Å². The van der Waals surface area contributed by atoms with Gasteiger partial charge in [0, 0.05) is 10.6 Å². The molecule has 1 atom stereocenters. The number of nitrogens with one attached hydrogen (secondary N) is 2. The molecule has 0 aliphatic heterocycles. The van der Waals surface area contributed by atoms with E-state index in [1.807, 2.05) is 63.4 Å². The Hall–Kier alpha value is -2.31. The molecule has 2 aromatic rings. The fourth-order valence-electron chi connectivity index (χ4n) is 3.11. The first-order chi connectivity index (χ1) is 13.2. The van der Waals surface area contributed by atoms with Crippen LogP contribution in [0.2, 0.25) is 0 Å².